The van der Waals surface area contributed by atoms with Gasteiger partial charge in [-0.2, -0.15) is 4.31 Å². The monoisotopic (exact) mass is 387 g/mol. The summed E-state index contributed by atoms with van der Waals surface area (Å²) in [5.41, 5.74) is 0.293. The van der Waals surface area contributed by atoms with E-state index in [9.17, 15) is 21.2 Å². The highest BCUT2D eigenvalue weighted by Gasteiger charge is 2.39. The van der Waals surface area contributed by atoms with E-state index in [1.807, 2.05) is 0 Å². The Bertz CT molecular complexity index is 968. The van der Waals surface area contributed by atoms with Gasteiger partial charge < -0.3 is 4.42 Å². The van der Waals surface area contributed by atoms with Gasteiger partial charge in [-0.1, -0.05) is 0 Å². The quantitative estimate of drug-likeness (QED) is 0.784. The van der Waals surface area contributed by atoms with E-state index in [2.05, 4.69) is 0 Å². The average molecular weight is 387 g/mol. The second-order valence-electron chi connectivity index (χ2n) is 6.07. The van der Waals surface area contributed by atoms with E-state index in [1.54, 1.807) is 12.1 Å². The molecule has 9 heteroatoms. The van der Waals surface area contributed by atoms with Crippen molar-refractivity contribution >= 4 is 19.9 Å². The zero-order valence-electron chi connectivity index (χ0n) is 13.6. The van der Waals surface area contributed by atoms with E-state index in [0.717, 1.165) is 16.4 Å². The van der Waals surface area contributed by atoms with E-state index in [0.29, 0.717) is 11.3 Å². The summed E-state index contributed by atoms with van der Waals surface area (Å²) in [5, 5.41) is -0.784. The Morgan fingerprint density at radius 1 is 1.24 bits per heavy atom. The normalized spacial score (nSPS) is 19.4. The highest BCUT2D eigenvalue weighted by atomic mass is 32.2. The molecule has 0 spiro atoms. The topological polar surface area (TPSA) is 84.7 Å². The van der Waals surface area contributed by atoms with Gasteiger partial charge in [-0.05, 0) is 49.2 Å². The van der Waals surface area contributed by atoms with Gasteiger partial charge in [0.05, 0.1) is 16.4 Å². The molecule has 1 saturated heterocycles. The van der Waals surface area contributed by atoms with E-state index in [1.165, 1.54) is 19.3 Å². The van der Waals surface area contributed by atoms with Crippen LogP contribution in [-0.2, 0) is 25.6 Å². The second kappa shape index (κ2) is 6.54. The van der Waals surface area contributed by atoms with Crippen LogP contribution in [0.25, 0.3) is 0 Å². The lowest BCUT2D eigenvalue weighted by molar-refractivity contribution is 0.475. The van der Waals surface area contributed by atoms with Crippen molar-refractivity contribution < 1.29 is 25.6 Å². The predicted molar refractivity (Wildman–Crippen MR) is 89.6 cm³/mol. The number of sulfone groups is 1. The molecule has 25 heavy (non-hydrogen) atoms. The van der Waals surface area contributed by atoms with Crippen molar-refractivity contribution in [2.45, 2.75) is 29.2 Å². The minimum absolute atomic E-state index is 0.00187. The number of nitrogens with zero attached hydrogens (tertiary/aromatic N) is 1. The molecular formula is C16H18FNO5S2. The Hall–Kier alpha value is -1.71. The first-order valence-electron chi connectivity index (χ1n) is 7.70. The molecule has 6 nitrogen and oxygen atoms in total. The van der Waals surface area contributed by atoms with E-state index < -0.39 is 30.9 Å². The van der Waals surface area contributed by atoms with Crippen LogP contribution in [0.3, 0.4) is 0 Å². The van der Waals surface area contributed by atoms with Crippen LogP contribution >= 0.6 is 0 Å². The van der Waals surface area contributed by atoms with Crippen molar-refractivity contribution in [2.75, 3.05) is 13.1 Å². The number of hydrogen-bond acceptors (Lipinski definition) is 5. The number of sulfonamides is 1. The molecule has 1 aromatic heterocycles. The lowest BCUT2D eigenvalue weighted by Crippen LogP contribution is -2.32. The van der Waals surface area contributed by atoms with E-state index in [4.69, 9.17) is 4.42 Å². The van der Waals surface area contributed by atoms with E-state index >= 15 is 0 Å². The predicted octanol–water partition coefficient (Wildman–Crippen LogP) is 2.11. The largest absolute Gasteiger partial charge is 0.468 e. The van der Waals surface area contributed by atoms with Crippen molar-refractivity contribution in [1.29, 1.82) is 0 Å². The summed E-state index contributed by atoms with van der Waals surface area (Å²) in [5.74, 6) is -0.443. The molecular weight excluding hydrogens is 369 g/mol. The zero-order valence-corrected chi connectivity index (χ0v) is 15.2. The maximum absolute atomic E-state index is 13.2. The Kier molecular flexibility index (Phi) is 4.74. The van der Waals surface area contributed by atoms with Crippen LogP contribution in [0.15, 0.2) is 45.9 Å². The Labute approximate surface area is 146 Å². The van der Waals surface area contributed by atoms with Crippen LogP contribution in [0.5, 0.6) is 0 Å². The fraction of sp³-hybridized carbons (Fsp3) is 0.375. The molecule has 0 saturated carbocycles. The number of furan rings is 1. The fourth-order valence-corrected chi connectivity index (χ4v) is 6.43. The van der Waals surface area contributed by atoms with Crippen LogP contribution < -0.4 is 0 Å². The molecule has 1 atom stereocenters. The zero-order chi connectivity index (χ0) is 18.2. The summed E-state index contributed by atoms with van der Waals surface area (Å²) in [6.45, 7) is 1.51. The molecule has 1 aliphatic heterocycles. The molecule has 3 rings (SSSR count). The van der Waals surface area contributed by atoms with Gasteiger partial charge in [0.2, 0.25) is 10.0 Å². The van der Waals surface area contributed by atoms with Crippen molar-refractivity contribution in [2.24, 2.45) is 0 Å². The lowest BCUT2D eigenvalue weighted by Gasteiger charge is -2.18. The van der Waals surface area contributed by atoms with Gasteiger partial charge in [-0.15, -0.1) is 0 Å². The smallest absolute Gasteiger partial charge is 0.243 e. The van der Waals surface area contributed by atoms with Gasteiger partial charge in [0.1, 0.15) is 17.3 Å². The summed E-state index contributed by atoms with van der Waals surface area (Å²) >= 11 is 0. The molecule has 0 amide bonds. The SMILES string of the molecule is Cc1cc(F)ccc1S(=O)(=O)N1CCC(S(=O)(=O)Cc2ccco2)C1. The molecule has 1 aliphatic rings. The van der Waals surface area contributed by atoms with Gasteiger partial charge in [0.25, 0.3) is 0 Å². The molecule has 1 fully saturated rings. The second-order valence-corrected chi connectivity index (χ2v) is 10.3. The van der Waals surface area contributed by atoms with Crippen molar-refractivity contribution in [3.63, 3.8) is 0 Å². The molecule has 0 aliphatic carbocycles. The number of halogens is 1. The van der Waals surface area contributed by atoms with Crippen molar-refractivity contribution in [3.8, 4) is 0 Å². The maximum Gasteiger partial charge on any atom is 0.243 e. The summed E-state index contributed by atoms with van der Waals surface area (Å²) in [6.07, 6.45) is 1.62. The van der Waals surface area contributed by atoms with Crippen molar-refractivity contribution in [1.82, 2.24) is 4.31 Å². The average Bonchev–Trinajstić information content (AvgIpc) is 3.17. The molecule has 0 radical (unpaired) electrons. The Morgan fingerprint density at radius 2 is 2.00 bits per heavy atom. The Morgan fingerprint density at radius 3 is 2.64 bits per heavy atom. The summed E-state index contributed by atoms with van der Waals surface area (Å²) < 4.78 is 69.9. The highest BCUT2D eigenvalue weighted by Crippen LogP contribution is 2.28. The Balaban J connectivity index is 1.80. The summed E-state index contributed by atoms with van der Waals surface area (Å²) in [7, 11) is -7.40. The molecule has 136 valence electrons. The fourth-order valence-electron chi connectivity index (χ4n) is 2.96. The molecule has 1 aromatic carbocycles. The molecule has 2 aromatic rings. The number of aryl methyl sites for hydroxylation is 1. The first-order valence-corrected chi connectivity index (χ1v) is 10.9. The lowest BCUT2D eigenvalue weighted by atomic mass is 10.2. The standard InChI is InChI=1S/C16H18FNO5S2/c1-12-9-13(17)4-5-16(12)25(21,22)18-7-6-15(10-18)24(19,20)11-14-3-2-8-23-14/h2-5,8-9,15H,6-7,10-11H2,1H3. The minimum atomic E-state index is -3.86. The number of rotatable bonds is 5. The van der Waals surface area contributed by atoms with Crippen LogP contribution in [-0.4, -0.2) is 39.5 Å². The molecule has 0 N–H and O–H groups in total. The van der Waals surface area contributed by atoms with Gasteiger partial charge in [-0.25, -0.2) is 21.2 Å². The van der Waals surface area contributed by atoms with E-state index in [-0.39, 0.29) is 30.2 Å². The number of benzene rings is 1. The summed E-state index contributed by atoms with van der Waals surface area (Å²) in [4.78, 5) is -0.00187. The maximum atomic E-state index is 13.2. The third-order valence-corrected chi connectivity index (χ3v) is 8.41. The molecule has 1 unspecified atom stereocenters. The summed E-state index contributed by atoms with van der Waals surface area (Å²) in [6, 6.07) is 6.62. The number of hydrogen-bond donors (Lipinski definition) is 0. The van der Waals surface area contributed by atoms with Gasteiger partial charge in [0.15, 0.2) is 9.84 Å². The third-order valence-electron chi connectivity index (χ3n) is 4.29. The van der Waals surface area contributed by atoms with Gasteiger partial charge in [0, 0.05) is 13.1 Å². The van der Waals surface area contributed by atoms with Crippen LogP contribution in [0.1, 0.15) is 17.7 Å². The third kappa shape index (κ3) is 3.63. The minimum Gasteiger partial charge on any atom is -0.468 e. The van der Waals surface area contributed by atoms with Crippen LogP contribution in [0, 0.1) is 12.7 Å². The van der Waals surface area contributed by atoms with Crippen molar-refractivity contribution in [3.05, 3.63) is 53.7 Å². The molecule has 2 heterocycles. The first-order chi connectivity index (χ1) is 11.7. The highest BCUT2D eigenvalue weighted by molar-refractivity contribution is 7.91. The van der Waals surface area contributed by atoms with Crippen LogP contribution in [0.4, 0.5) is 4.39 Å². The van der Waals surface area contributed by atoms with Gasteiger partial charge in [-0.3, -0.25) is 0 Å². The first kappa shape index (κ1) is 18.1. The molecule has 0 bridgehead atoms. The van der Waals surface area contributed by atoms with Gasteiger partial charge >= 0.3 is 0 Å². The van der Waals surface area contributed by atoms with Crippen LogP contribution in [0.2, 0.25) is 0 Å².